The van der Waals surface area contributed by atoms with Crippen LogP contribution in [0.2, 0.25) is 0 Å². The summed E-state index contributed by atoms with van der Waals surface area (Å²) in [6.45, 7) is 1.54. The van der Waals surface area contributed by atoms with E-state index in [2.05, 4.69) is 15.5 Å². The highest BCUT2D eigenvalue weighted by atomic mass is 16.5. The Labute approximate surface area is 135 Å². The van der Waals surface area contributed by atoms with Gasteiger partial charge in [0.2, 0.25) is 0 Å². The number of nitrogens with one attached hydrogen (secondary N) is 2. The third kappa shape index (κ3) is 3.78. The molecule has 1 fully saturated rings. The normalized spacial score (nSPS) is 16.9. The fourth-order valence-corrected chi connectivity index (χ4v) is 2.83. The van der Waals surface area contributed by atoms with Gasteiger partial charge in [-0.1, -0.05) is 30.3 Å². The van der Waals surface area contributed by atoms with Crippen molar-refractivity contribution in [2.75, 3.05) is 25.6 Å². The maximum atomic E-state index is 12.4. The summed E-state index contributed by atoms with van der Waals surface area (Å²) in [5, 5.41) is 10.0. The van der Waals surface area contributed by atoms with Gasteiger partial charge in [0.05, 0.1) is 0 Å². The van der Waals surface area contributed by atoms with Gasteiger partial charge in [0.25, 0.3) is 5.91 Å². The Balaban J connectivity index is 1.66. The summed E-state index contributed by atoms with van der Waals surface area (Å²) >= 11 is 0. The van der Waals surface area contributed by atoms with Gasteiger partial charge in [0, 0.05) is 38.0 Å². The molecule has 0 radical (unpaired) electrons. The standard InChI is InChI=1S/C17H21N3O3/c1-22-16(13-5-3-2-4-6-13)17(21)18-15-11-14(19-20-15)12-7-9-23-10-8-12/h2-6,11-12,16H,7-10H2,1H3,(H2,18,19,20,21)/t16-/m1/s1. The van der Waals surface area contributed by atoms with Crippen molar-refractivity contribution in [2.24, 2.45) is 0 Å². The fraction of sp³-hybridized carbons (Fsp3) is 0.412. The number of ether oxygens (including phenoxy) is 2. The van der Waals surface area contributed by atoms with Crippen LogP contribution in [0.1, 0.15) is 36.1 Å². The molecule has 1 saturated heterocycles. The summed E-state index contributed by atoms with van der Waals surface area (Å²) in [6, 6.07) is 11.3. The summed E-state index contributed by atoms with van der Waals surface area (Å²) in [7, 11) is 1.52. The van der Waals surface area contributed by atoms with Crippen LogP contribution in [0.4, 0.5) is 5.82 Å². The number of hydrogen-bond donors (Lipinski definition) is 2. The maximum absolute atomic E-state index is 12.4. The zero-order chi connectivity index (χ0) is 16.1. The molecule has 2 aromatic rings. The molecule has 3 rings (SSSR count). The maximum Gasteiger partial charge on any atom is 0.259 e. The lowest BCUT2D eigenvalue weighted by molar-refractivity contribution is -0.126. The Morgan fingerprint density at radius 3 is 2.78 bits per heavy atom. The number of anilines is 1. The van der Waals surface area contributed by atoms with E-state index in [1.807, 2.05) is 36.4 Å². The lowest BCUT2D eigenvalue weighted by Gasteiger charge is -2.20. The molecule has 1 amide bonds. The van der Waals surface area contributed by atoms with Crippen LogP contribution in [0.25, 0.3) is 0 Å². The van der Waals surface area contributed by atoms with E-state index in [1.54, 1.807) is 0 Å². The molecular formula is C17H21N3O3. The van der Waals surface area contributed by atoms with Gasteiger partial charge in [0.1, 0.15) is 0 Å². The molecule has 0 bridgehead atoms. The van der Waals surface area contributed by atoms with Gasteiger partial charge in [-0.25, -0.2) is 0 Å². The number of rotatable bonds is 5. The minimum atomic E-state index is -0.653. The van der Waals surface area contributed by atoms with Gasteiger partial charge in [-0.3, -0.25) is 9.89 Å². The van der Waals surface area contributed by atoms with Gasteiger partial charge in [-0.05, 0) is 18.4 Å². The zero-order valence-electron chi connectivity index (χ0n) is 13.1. The van der Waals surface area contributed by atoms with Gasteiger partial charge in [-0.15, -0.1) is 0 Å². The molecule has 2 N–H and O–H groups in total. The van der Waals surface area contributed by atoms with Crippen LogP contribution in [0.3, 0.4) is 0 Å². The number of aromatic nitrogens is 2. The highest BCUT2D eigenvalue weighted by molar-refractivity contribution is 5.94. The second kappa shape index (κ2) is 7.39. The molecule has 0 unspecified atom stereocenters. The van der Waals surface area contributed by atoms with Crippen molar-refractivity contribution in [3.05, 3.63) is 47.7 Å². The molecule has 6 heteroatoms. The fourth-order valence-electron chi connectivity index (χ4n) is 2.83. The lowest BCUT2D eigenvalue weighted by Crippen LogP contribution is -2.22. The first kappa shape index (κ1) is 15.7. The zero-order valence-corrected chi connectivity index (χ0v) is 13.1. The first-order valence-electron chi connectivity index (χ1n) is 7.79. The van der Waals surface area contributed by atoms with Crippen molar-refractivity contribution in [1.29, 1.82) is 0 Å². The predicted octanol–water partition coefficient (Wildman–Crippen LogP) is 2.63. The third-order valence-corrected chi connectivity index (χ3v) is 4.09. The minimum Gasteiger partial charge on any atom is -0.381 e. The van der Waals surface area contributed by atoms with E-state index in [1.165, 1.54) is 7.11 Å². The van der Waals surface area contributed by atoms with Crippen LogP contribution in [0, 0.1) is 0 Å². The number of methoxy groups -OCH3 is 1. The third-order valence-electron chi connectivity index (χ3n) is 4.09. The summed E-state index contributed by atoms with van der Waals surface area (Å²) in [6.07, 6.45) is 1.29. The average molecular weight is 315 g/mol. The number of benzene rings is 1. The molecule has 0 saturated carbocycles. The van der Waals surface area contributed by atoms with Crippen LogP contribution < -0.4 is 5.32 Å². The summed E-state index contributed by atoms with van der Waals surface area (Å²) < 4.78 is 10.7. The van der Waals surface area contributed by atoms with Crippen molar-refractivity contribution in [2.45, 2.75) is 24.9 Å². The average Bonchev–Trinajstić information content (AvgIpc) is 3.06. The van der Waals surface area contributed by atoms with Crippen LogP contribution in [-0.2, 0) is 14.3 Å². The number of nitrogens with zero attached hydrogens (tertiary/aromatic N) is 1. The summed E-state index contributed by atoms with van der Waals surface area (Å²) in [5.74, 6) is 0.701. The lowest BCUT2D eigenvalue weighted by atomic mass is 9.97. The Kier molecular flexibility index (Phi) is 5.05. The summed E-state index contributed by atoms with van der Waals surface area (Å²) in [5.41, 5.74) is 1.85. The number of hydrogen-bond acceptors (Lipinski definition) is 4. The minimum absolute atomic E-state index is 0.233. The van der Waals surface area contributed by atoms with Gasteiger partial charge < -0.3 is 14.8 Å². The van der Waals surface area contributed by atoms with Gasteiger partial charge in [-0.2, -0.15) is 5.10 Å². The second-order valence-corrected chi connectivity index (χ2v) is 5.61. The van der Waals surface area contributed by atoms with E-state index in [9.17, 15) is 4.79 Å². The predicted molar refractivity (Wildman–Crippen MR) is 86.2 cm³/mol. The number of carbonyl (C=O) groups is 1. The second-order valence-electron chi connectivity index (χ2n) is 5.61. The molecule has 1 atom stereocenters. The molecule has 6 nitrogen and oxygen atoms in total. The number of aromatic amines is 1. The molecule has 1 aromatic carbocycles. The van der Waals surface area contributed by atoms with Crippen molar-refractivity contribution < 1.29 is 14.3 Å². The molecule has 1 aliphatic heterocycles. The smallest absolute Gasteiger partial charge is 0.259 e. The van der Waals surface area contributed by atoms with Crippen molar-refractivity contribution in [3.63, 3.8) is 0 Å². The highest BCUT2D eigenvalue weighted by Gasteiger charge is 2.22. The molecular weight excluding hydrogens is 294 g/mol. The first-order chi connectivity index (χ1) is 11.3. The SMILES string of the molecule is CO[C@@H](C(=O)Nc1cc(C2CCOCC2)[nH]n1)c1ccccc1. The topological polar surface area (TPSA) is 76.2 Å². The first-order valence-corrected chi connectivity index (χ1v) is 7.79. The van der Waals surface area contributed by atoms with Crippen LogP contribution in [0.5, 0.6) is 0 Å². The molecule has 2 heterocycles. The number of H-pyrrole nitrogens is 1. The Morgan fingerprint density at radius 2 is 2.09 bits per heavy atom. The number of carbonyl (C=O) groups excluding carboxylic acids is 1. The number of amides is 1. The van der Waals surface area contributed by atoms with Gasteiger partial charge >= 0.3 is 0 Å². The highest BCUT2D eigenvalue weighted by Crippen LogP contribution is 2.27. The van der Waals surface area contributed by atoms with Crippen molar-refractivity contribution >= 4 is 11.7 Å². The van der Waals surface area contributed by atoms with E-state index >= 15 is 0 Å². The van der Waals surface area contributed by atoms with Crippen LogP contribution in [0.15, 0.2) is 36.4 Å². The molecule has 1 aliphatic rings. The summed E-state index contributed by atoms with van der Waals surface area (Å²) in [4.78, 5) is 12.4. The Bertz CT molecular complexity index is 636. The Morgan fingerprint density at radius 1 is 1.35 bits per heavy atom. The molecule has 1 aromatic heterocycles. The molecule has 0 aliphatic carbocycles. The van der Waals surface area contributed by atoms with E-state index in [-0.39, 0.29) is 5.91 Å². The van der Waals surface area contributed by atoms with E-state index in [0.717, 1.165) is 37.3 Å². The Hall–Kier alpha value is -2.18. The van der Waals surface area contributed by atoms with E-state index in [0.29, 0.717) is 11.7 Å². The van der Waals surface area contributed by atoms with Gasteiger partial charge in [0.15, 0.2) is 11.9 Å². The van der Waals surface area contributed by atoms with Crippen molar-refractivity contribution in [3.8, 4) is 0 Å². The largest absolute Gasteiger partial charge is 0.381 e. The van der Waals surface area contributed by atoms with Crippen LogP contribution >= 0.6 is 0 Å². The molecule has 122 valence electrons. The van der Waals surface area contributed by atoms with Crippen molar-refractivity contribution in [1.82, 2.24) is 10.2 Å². The quantitative estimate of drug-likeness (QED) is 0.889. The monoisotopic (exact) mass is 315 g/mol. The van der Waals surface area contributed by atoms with Crippen LogP contribution in [-0.4, -0.2) is 36.4 Å². The molecule has 0 spiro atoms. The van der Waals surface area contributed by atoms with E-state index < -0.39 is 6.10 Å². The molecule has 23 heavy (non-hydrogen) atoms. The van der Waals surface area contributed by atoms with E-state index in [4.69, 9.17) is 9.47 Å².